The molecule has 0 atom stereocenters. The van der Waals surface area contributed by atoms with Crippen molar-refractivity contribution in [1.82, 2.24) is 23.6 Å². The highest BCUT2D eigenvalue weighted by Crippen LogP contribution is 2.22. The Morgan fingerprint density at radius 3 is 2.64 bits per heavy atom. The number of para-hydroxylation sites is 2. The van der Waals surface area contributed by atoms with Crippen LogP contribution in [0.5, 0.6) is 0 Å². The highest BCUT2D eigenvalue weighted by molar-refractivity contribution is 7.11. The van der Waals surface area contributed by atoms with Gasteiger partial charge in [0.1, 0.15) is 11.6 Å². The molecule has 4 heterocycles. The average Bonchev–Trinajstić information content (AvgIpc) is 3.23. The molecule has 3 aromatic heterocycles. The first-order valence-corrected chi connectivity index (χ1v) is 9.26. The number of anilines is 1. The van der Waals surface area contributed by atoms with Crippen molar-refractivity contribution in [1.29, 1.82) is 0 Å². The molecule has 6 nitrogen and oxygen atoms in total. The monoisotopic (exact) mass is 350 g/mol. The average molecular weight is 350 g/mol. The van der Waals surface area contributed by atoms with Crippen LogP contribution in [0.2, 0.25) is 0 Å². The van der Waals surface area contributed by atoms with Gasteiger partial charge in [0.2, 0.25) is 4.96 Å². The van der Waals surface area contributed by atoms with E-state index in [2.05, 4.69) is 52.8 Å². The molecule has 5 rings (SSSR count). The summed E-state index contributed by atoms with van der Waals surface area (Å²) in [6, 6.07) is 14.4. The molecule has 0 spiro atoms. The molecule has 7 heteroatoms. The molecular weight excluding hydrogens is 332 g/mol. The summed E-state index contributed by atoms with van der Waals surface area (Å²) in [5.41, 5.74) is 2.19. The molecule has 0 amide bonds. The van der Waals surface area contributed by atoms with Crippen LogP contribution in [0.4, 0.5) is 5.82 Å². The minimum atomic E-state index is 0.858. The van der Waals surface area contributed by atoms with Gasteiger partial charge in [0.15, 0.2) is 0 Å². The van der Waals surface area contributed by atoms with Gasteiger partial charge in [0.25, 0.3) is 0 Å². The highest BCUT2D eigenvalue weighted by atomic mass is 32.1. The number of rotatable bonds is 3. The summed E-state index contributed by atoms with van der Waals surface area (Å²) in [7, 11) is 0. The number of hydrogen-bond acceptors (Lipinski definition) is 6. The van der Waals surface area contributed by atoms with Crippen LogP contribution in [0.25, 0.3) is 16.0 Å². The third-order valence-corrected chi connectivity index (χ3v) is 5.47. The van der Waals surface area contributed by atoms with Crippen LogP contribution in [-0.2, 0) is 6.54 Å². The van der Waals surface area contributed by atoms with Gasteiger partial charge in [0, 0.05) is 43.9 Å². The molecule has 0 N–H and O–H groups in total. The fourth-order valence-corrected chi connectivity index (χ4v) is 4.18. The molecule has 1 fully saturated rings. The number of fused-ring (bicyclic) bond motifs is 3. The summed E-state index contributed by atoms with van der Waals surface area (Å²) in [6.07, 6.45) is 1.86. The third-order valence-electron chi connectivity index (χ3n) is 4.73. The first-order chi connectivity index (χ1) is 12.4. The van der Waals surface area contributed by atoms with Crippen LogP contribution >= 0.6 is 11.5 Å². The summed E-state index contributed by atoms with van der Waals surface area (Å²) in [6.45, 7) is 4.88. The predicted octanol–water partition coefficient (Wildman–Crippen LogP) is 2.66. The Balaban J connectivity index is 1.34. The number of piperazine rings is 1. The summed E-state index contributed by atoms with van der Waals surface area (Å²) >= 11 is 1.48. The third kappa shape index (κ3) is 2.65. The van der Waals surface area contributed by atoms with Gasteiger partial charge in [-0.15, -0.1) is 0 Å². The molecule has 0 radical (unpaired) electrons. The Morgan fingerprint density at radius 2 is 1.80 bits per heavy atom. The summed E-state index contributed by atoms with van der Waals surface area (Å²) in [5.74, 6) is 2.15. The first kappa shape index (κ1) is 14.8. The predicted molar refractivity (Wildman–Crippen MR) is 100 cm³/mol. The normalized spacial score (nSPS) is 16.1. The fraction of sp³-hybridized carbons (Fsp3) is 0.278. The van der Waals surface area contributed by atoms with E-state index in [0.29, 0.717) is 0 Å². The van der Waals surface area contributed by atoms with Gasteiger partial charge in [-0.05, 0) is 24.3 Å². The quantitative estimate of drug-likeness (QED) is 0.569. The standard InChI is InChI=1S/C18H18N6S/c1-2-6-15-14(5-1)20-18-24(15)17(21-25-18)13-22-9-11-23(12-10-22)16-7-3-4-8-19-16/h1-8H,9-13H2. The maximum absolute atomic E-state index is 4.66. The number of benzene rings is 1. The van der Waals surface area contributed by atoms with Crippen molar-refractivity contribution in [3.63, 3.8) is 0 Å². The van der Waals surface area contributed by atoms with E-state index in [9.17, 15) is 0 Å². The van der Waals surface area contributed by atoms with Gasteiger partial charge in [-0.2, -0.15) is 4.37 Å². The lowest BCUT2D eigenvalue weighted by molar-refractivity contribution is 0.244. The Bertz CT molecular complexity index is 1000. The maximum Gasteiger partial charge on any atom is 0.214 e. The number of nitrogens with zero attached hydrogens (tertiary/aromatic N) is 6. The SMILES string of the molecule is c1ccc(N2CCN(Cc3nsc4nc5ccccc5n34)CC2)nc1. The van der Waals surface area contributed by atoms with Crippen LogP contribution in [0.3, 0.4) is 0 Å². The Morgan fingerprint density at radius 1 is 0.960 bits per heavy atom. The van der Waals surface area contributed by atoms with Crippen molar-refractivity contribution in [2.24, 2.45) is 0 Å². The number of aromatic nitrogens is 4. The van der Waals surface area contributed by atoms with Gasteiger partial charge in [-0.3, -0.25) is 9.30 Å². The topological polar surface area (TPSA) is 49.6 Å². The van der Waals surface area contributed by atoms with E-state index in [-0.39, 0.29) is 0 Å². The fourth-order valence-electron chi connectivity index (χ4n) is 3.42. The summed E-state index contributed by atoms with van der Waals surface area (Å²) in [4.78, 5) is 14.9. The van der Waals surface area contributed by atoms with Crippen LogP contribution in [0.1, 0.15) is 5.82 Å². The molecule has 1 saturated heterocycles. The zero-order chi connectivity index (χ0) is 16.6. The minimum Gasteiger partial charge on any atom is -0.354 e. The van der Waals surface area contributed by atoms with Crippen molar-refractivity contribution < 1.29 is 0 Å². The van der Waals surface area contributed by atoms with E-state index in [1.807, 2.05) is 24.4 Å². The molecule has 0 bridgehead atoms. The molecule has 1 aliphatic rings. The molecule has 25 heavy (non-hydrogen) atoms. The van der Waals surface area contributed by atoms with Gasteiger partial charge in [-0.1, -0.05) is 18.2 Å². The van der Waals surface area contributed by atoms with E-state index < -0.39 is 0 Å². The molecule has 1 aliphatic heterocycles. The van der Waals surface area contributed by atoms with E-state index in [1.165, 1.54) is 11.5 Å². The van der Waals surface area contributed by atoms with E-state index in [1.54, 1.807) is 0 Å². The summed E-state index contributed by atoms with van der Waals surface area (Å²) in [5, 5.41) is 0. The van der Waals surface area contributed by atoms with Crippen molar-refractivity contribution >= 4 is 33.3 Å². The number of pyridine rings is 1. The second-order valence-electron chi connectivity index (χ2n) is 6.27. The van der Waals surface area contributed by atoms with E-state index in [4.69, 9.17) is 0 Å². The lowest BCUT2D eigenvalue weighted by Crippen LogP contribution is -2.46. The van der Waals surface area contributed by atoms with E-state index in [0.717, 1.165) is 60.4 Å². The molecule has 4 aromatic rings. The lowest BCUT2D eigenvalue weighted by atomic mass is 10.3. The molecule has 126 valence electrons. The smallest absolute Gasteiger partial charge is 0.214 e. The van der Waals surface area contributed by atoms with Crippen molar-refractivity contribution in [2.75, 3.05) is 31.1 Å². The second-order valence-corrected chi connectivity index (χ2v) is 7.00. The van der Waals surface area contributed by atoms with Crippen molar-refractivity contribution in [3.8, 4) is 0 Å². The number of hydrogen-bond donors (Lipinski definition) is 0. The van der Waals surface area contributed by atoms with Crippen molar-refractivity contribution in [3.05, 3.63) is 54.5 Å². The number of imidazole rings is 1. The summed E-state index contributed by atoms with van der Waals surface area (Å²) < 4.78 is 6.85. The molecule has 1 aromatic carbocycles. The van der Waals surface area contributed by atoms with Crippen LogP contribution < -0.4 is 4.90 Å². The molecule has 0 saturated carbocycles. The van der Waals surface area contributed by atoms with Crippen LogP contribution in [-0.4, -0.2) is 49.8 Å². The zero-order valence-electron chi connectivity index (χ0n) is 13.7. The van der Waals surface area contributed by atoms with Gasteiger partial charge in [0.05, 0.1) is 17.6 Å². The molecule has 0 aliphatic carbocycles. The lowest BCUT2D eigenvalue weighted by Gasteiger charge is -2.34. The van der Waals surface area contributed by atoms with Gasteiger partial charge in [-0.25, -0.2) is 9.97 Å². The minimum absolute atomic E-state index is 0.858. The Hall–Kier alpha value is -2.51. The van der Waals surface area contributed by atoms with Gasteiger partial charge >= 0.3 is 0 Å². The largest absolute Gasteiger partial charge is 0.354 e. The zero-order valence-corrected chi connectivity index (χ0v) is 14.6. The molecular formula is C18H18N6S. The first-order valence-electron chi connectivity index (χ1n) is 8.48. The molecule has 0 unspecified atom stereocenters. The van der Waals surface area contributed by atoms with Gasteiger partial charge < -0.3 is 4.90 Å². The second kappa shape index (κ2) is 6.09. The highest BCUT2D eigenvalue weighted by Gasteiger charge is 2.20. The van der Waals surface area contributed by atoms with Crippen LogP contribution in [0.15, 0.2) is 48.7 Å². The maximum atomic E-state index is 4.66. The van der Waals surface area contributed by atoms with Crippen molar-refractivity contribution in [2.45, 2.75) is 6.54 Å². The Kier molecular flexibility index (Phi) is 3.61. The Labute approximate surface area is 149 Å². The van der Waals surface area contributed by atoms with E-state index >= 15 is 0 Å². The van der Waals surface area contributed by atoms with Crippen LogP contribution in [0, 0.1) is 0 Å².